The second-order valence-electron chi connectivity index (χ2n) is 6.79. The number of carbonyl (C=O) groups is 2. The van der Waals surface area contributed by atoms with Crippen LogP contribution in [-0.2, 0) is 9.59 Å². The molecule has 24 heavy (non-hydrogen) atoms. The molecule has 2 aliphatic heterocycles. The molecule has 0 aromatic heterocycles. The van der Waals surface area contributed by atoms with E-state index in [2.05, 4.69) is 17.4 Å². The van der Waals surface area contributed by atoms with E-state index in [0.717, 1.165) is 44.5 Å². The van der Waals surface area contributed by atoms with E-state index in [0.29, 0.717) is 18.9 Å². The zero-order valence-corrected chi connectivity index (χ0v) is 14.3. The molecule has 5 heteroatoms. The number of amides is 2. The molecule has 0 spiro atoms. The maximum absolute atomic E-state index is 12.9. The standard InChI is InChI=1S/C19H26N2O3/c1-24-17-7-5-14(6-8-17)16-4-2-3-11-21(13-16)19(23)15-9-10-20-18(22)12-15/h5-8,15-16H,2-4,9-13H2,1H3,(H,20,22). The molecule has 2 amide bonds. The Balaban J connectivity index is 1.69. The minimum absolute atomic E-state index is 0.00104. The molecule has 2 fully saturated rings. The minimum atomic E-state index is -0.145. The number of nitrogens with one attached hydrogen (secondary N) is 1. The fourth-order valence-corrected chi connectivity index (χ4v) is 3.74. The fraction of sp³-hybridized carbons (Fsp3) is 0.579. The van der Waals surface area contributed by atoms with Crippen LogP contribution in [0.15, 0.2) is 24.3 Å². The van der Waals surface area contributed by atoms with Crippen LogP contribution in [0.4, 0.5) is 0 Å². The van der Waals surface area contributed by atoms with Crippen LogP contribution in [0.5, 0.6) is 5.75 Å². The van der Waals surface area contributed by atoms with E-state index in [-0.39, 0.29) is 17.7 Å². The lowest BCUT2D eigenvalue weighted by molar-refractivity contribution is -0.140. The summed E-state index contributed by atoms with van der Waals surface area (Å²) in [4.78, 5) is 26.4. The molecule has 2 aliphatic rings. The number of carbonyl (C=O) groups excluding carboxylic acids is 2. The highest BCUT2D eigenvalue weighted by atomic mass is 16.5. The molecule has 1 aromatic carbocycles. The van der Waals surface area contributed by atoms with Crippen LogP contribution >= 0.6 is 0 Å². The molecule has 0 radical (unpaired) electrons. The van der Waals surface area contributed by atoms with Crippen molar-refractivity contribution in [2.24, 2.45) is 5.92 Å². The normalized spacial score (nSPS) is 24.9. The molecular weight excluding hydrogens is 304 g/mol. The monoisotopic (exact) mass is 330 g/mol. The van der Waals surface area contributed by atoms with Gasteiger partial charge >= 0.3 is 0 Å². The van der Waals surface area contributed by atoms with Gasteiger partial charge < -0.3 is 15.0 Å². The highest BCUT2D eigenvalue weighted by Gasteiger charge is 2.31. The molecule has 2 saturated heterocycles. The van der Waals surface area contributed by atoms with Crippen molar-refractivity contribution >= 4 is 11.8 Å². The smallest absolute Gasteiger partial charge is 0.226 e. The third kappa shape index (κ3) is 3.89. The van der Waals surface area contributed by atoms with E-state index in [9.17, 15) is 9.59 Å². The lowest BCUT2D eigenvalue weighted by Gasteiger charge is -2.30. The predicted molar refractivity (Wildman–Crippen MR) is 91.9 cm³/mol. The lowest BCUT2D eigenvalue weighted by atomic mass is 9.93. The molecule has 5 nitrogen and oxygen atoms in total. The van der Waals surface area contributed by atoms with Gasteiger partial charge in [-0.25, -0.2) is 0 Å². The first-order valence-electron chi connectivity index (χ1n) is 8.87. The quantitative estimate of drug-likeness (QED) is 0.925. The van der Waals surface area contributed by atoms with Crippen LogP contribution in [0.3, 0.4) is 0 Å². The number of likely N-dealkylation sites (tertiary alicyclic amines) is 1. The van der Waals surface area contributed by atoms with Crippen molar-refractivity contribution < 1.29 is 14.3 Å². The summed E-state index contributed by atoms with van der Waals surface area (Å²) < 4.78 is 5.23. The van der Waals surface area contributed by atoms with Gasteiger partial charge in [-0.1, -0.05) is 18.6 Å². The molecule has 1 N–H and O–H groups in total. The van der Waals surface area contributed by atoms with Crippen molar-refractivity contribution in [3.05, 3.63) is 29.8 Å². The van der Waals surface area contributed by atoms with Crippen molar-refractivity contribution in [1.82, 2.24) is 10.2 Å². The molecular formula is C19H26N2O3. The number of benzene rings is 1. The van der Waals surface area contributed by atoms with E-state index in [1.54, 1.807) is 7.11 Å². The number of methoxy groups -OCH3 is 1. The van der Waals surface area contributed by atoms with Crippen LogP contribution in [0.2, 0.25) is 0 Å². The fourth-order valence-electron chi connectivity index (χ4n) is 3.74. The van der Waals surface area contributed by atoms with E-state index in [1.165, 1.54) is 5.56 Å². The summed E-state index contributed by atoms with van der Waals surface area (Å²) in [5.41, 5.74) is 1.26. The Hall–Kier alpha value is -2.04. The molecule has 2 atom stereocenters. The maximum Gasteiger partial charge on any atom is 0.226 e. The van der Waals surface area contributed by atoms with E-state index < -0.39 is 0 Å². The van der Waals surface area contributed by atoms with Crippen LogP contribution in [-0.4, -0.2) is 43.5 Å². The van der Waals surface area contributed by atoms with Gasteiger partial charge in [0.2, 0.25) is 11.8 Å². The second-order valence-corrected chi connectivity index (χ2v) is 6.79. The molecule has 0 aliphatic carbocycles. The Labute approximate surface area is 143 Å². The Morgan fingerprint density at radius 3 is 2.71 bits per heavy atom. The molecule has 3 rings (SSSR count). The van der Waals surface area contributed by atoms with Crippen LogP contribution in [0.1, 0.15) is 43.6 Å². The van der Waals surface area contributed by atoms with Crippen LogP contribution < -0.4 is 10.1 Å². The van der Waals surface area contributed by atoms with Gasteiger partial charge in [0, 0.05) is 37.9 Å². The Bertz CT molecular complexity index is 585. The van der Waals surface area contributed by atoms with E-state index >= 15 is 0 Å². The van der Waals surface area contributed by atoms with Crippen molar-refractivity contribution in [1.29, 1.82) is 0 Å². The third-order valence-corrected chi connectivity index (χ3v) is 5.17. The number of ether oxygens (including phenoxy) is 1. The van der Waals surface area contributed by atoms with Gasteiger partial charge in [-0.15, -0.1) is 0 Å². The third-order valence-electron chi connectivity index (χ3n) is 5.17. The Kier molecular flexibility index (Phi) is 5.38. The Morgan fingerprint density at radius 1 is 1.21 bits per heavy atom. The molecule has 1 aromatic rings. The van der Waals surface area contributed by atoms with Crippen molar-refractivity contribution in [3.63, 3.8) is 0 Å². The number of nitrogens with zero attached hydrogens (tertiary/aromatic N) is 1. The second kappa shape index (κ2) is 7.69. The zero-order chi connectivity index (χ0) is 16.9. The SMILES string of the molecule is COc1ccc(C2CCCCN(C(=O)C3CCNC(=O)C3)C2)cc1. The van der Waals surface area contributed by atoms with Crippen LogP contribution in [0.25, 0.3) is 0 Å². The number of piperidine rings is 1. The summed E-state index contributed by atoms with van der Waals surface area (Å²) in [7, 11) is 1.67. The van der Waals surface area contributed by atoms with Crippen molar-refractivity contribution in [3.8, 4) is 5.75 Å². The first-order valence-corrected chi connectivity index (χ1v) is 8.87. The van der Waals surface area contributed by atoms with Gasteiger partial charge in [-0.05, 0) is 37.0 Å². The van der Waals surface area contributed by atoms with Crippen LogP contribution in [0, 0.1) is 5.92 Å². The number of hydrogen-bond donors (Lipinski definition) is 1. The zero-order valence-electron chi connectivity index (χ0n) is 14.3. The lowest BCUT2D eigenvalue weighted by Crippen LogP contribution is -2.44. The van der Waals surface area contributed by atoms with Gasteiger partial charge in [0.05, 0.1) is 7.11 Å². The summed E-state index contributed by atoms with van der Waals surface area (Å²) in [6.07, 6.45) is 4.36. The summed E-state index contributed by atoms with van der Waals surface area (Å²) in [6, 6.07) is 8.17. The summed E-state index contributed by atoms with van der Waals surface area (Å²) in [5, 5.41) is 2.81. The van der Waals surface area contributed by atoms with Crippen molar-refractivity contribution in [2.75, 3.05) is 26.7 Å². The highest BCUT2D eigenvalue weighted by molar-refractivity contribution is 5.87. The van der Waals surface area contributed by atoms with Gasteiger partial charge in [-0.3, -0.25) is 9.59 Å². The van der Waals surface area contributed by atoms with Gasteiger partial charge in [0.15, 0.2) is 0 Å². The van der Waals surface area contributed by atoms with E-state index in [4.69, 9.17) is 4.74 Å². The largest absolute Gasteiger partial charge is 0.497 e. The predicted octanol–water partition coefficient (Wildman–Crippen LogP) is 2.32. The van der Waals surface area contributed by atoms with Gasteiger partial charge in [-0.2, -0.15) is 0 Å². The minimum Gasteiger partial charge on any atom is -0.497 e. The molecule has 2 heterocycles. The van der Waals surface area contributed by atoms with Gasteiger partial charge in [0.1, 0.15) is 5.75 Å². The van der Waals surface area contributed by atoms with E-state index in [1.807, 2.05) is 17.0 Å². The summed E-state index contributed by atoms with van der Waals surface area (Å²) in [6.45, 7) is 2.18. The average Bonchev–Trinajstić information content (AvgIpc) is 2.87. The highest BCUT2D eigenvalue weighted by Crippen LogP contribution is 2.29. The molecule has 0 bridgehead atoms. The topological polar surface area (TPSA) is 58.6 Å². The molecule has 130 valence electrons. The van der Waals surface area contributed by atoms with Crippen molar-refractivity contribution in [2.45, 2.75) is 38.0 Å². The number of rotatable bonds is 3. The summed E-state index contributed by atoms with van der Waals surface area (Å²) in [5.74, 6) is 1.23. The average molecular weight is 330 g/mol. The Morgan fingerprint density at radius 2 is 2.00 bits per heavy atom. The first kappa shape index (κ1) is 16.8. The summed E-state index contributed by atoms with van der Waals surface area (Å²) >= 11 is 0. The first-order chi connectivity index (χ1) is 11.7. The van der Waals surface area contributed by atoms with Gasteiger partial charge in [0.25, 0.3) is 0 Å². The molecule has 2 unspecified atom stereocenters. The maximum atomic E-state index is 12.9. The number of hydrogen-bond acceptors (Lipinski definition) is 3. The molecule has 0 saturated carbocycles.